The highest BCUT2D eigenvalue weighted by molar-refractivity contribution is 5.84. The predicted molar refractivity (Wildman–Crippen MR) is 96.1 cm³/mol. The van der Waals surface area contributed by atoms with E-state index in [1.807, 2.05) is 20.8 Å². The maximum Gasteiger partial charge on any atom is 0.407 e. The van der Waals surface area contributed by atoms with Gasteiger partial charge in [0.15, 0.2) is 5.96 Å². The maximum absolute atomic E-state index is 11.6. The van der Waals surface area contributed by atoms with E-state index in [0.29, 0.717) is 25.5 Å². The Hall–Kier alpha value is -1.99. The van der Waals surface area contributed by atoms with E-state index >= 15 is 0 Å². The van der Waals surface area contributed by atoms with Gasteiger partial charge in [-0.3, -0.25) is 4.79 Å². The third-order valence-corrected chi connectivity index (χ3v) is 2.73. The Kier molecular flexibility index (Phi) is 10.6. The Morgan fingerprint density at radius 1 is 1.04 bits per heavy atom. The third-order valence-electron chi connectivity index (χ3n) is 2.73. The molecule has 0 aliphatic heterocycles. The van der Waals surface area contributed by atoms with Gasteiger partial charge in [-0.25, -0.2) is 9.79 Å². The van der Waals surface area contributed by atoms with Crippen molar-refractivity contribution in [2.45, 2.75) is 46.1 Å². The number of carbonyl (C=O) groups excluding carboxylic acids is 2. The lowest BCUT2D eigenvalue weighted by Gasteiger charge is -2.19. The molecule has 3 N–H and O–H groups in total. The molecule has 0 spiro atoms. The second-order valence-corrected chi connectivity index (χ2v) is 6.59. The summed E-state index contributed by atoms with van der Waals surface area (Å²) in [4.78, 5) is 28.9. The average Bonchev–Trinajstić information content (AvgIpc) is 2.46. The van der Waals surface area contributed by atoms with Crippen molar-refractivity contribution in [3.05, 3.63) is 0 Å². The second-order valence-electron chi connectivity index (χ2n) is 6.59. The molecule has 24 heavy (non-hydrogen) atoms. The highest BCUT2D eigenvalue weighted by Gasteiger charge is 2.15. The molecular formula is C16H33N5O3. The molecule has 0 aliphatic carbocycles. The minimum absolute atomic E-state index is 0.0563. The third kappa shape index (κ3) is 12.5. The molecule has 0 atom stereocenters. The van der Waals surface area contributed by atoms with Crippen molar-refractivity contribution in [1.82, 2.24) is 20.9 Å². The molecule has 2 amide bonds. The van der Waals surface area contributed by atoms with Gasteiger partial charge in [-0.15, -0.1) is 0 Å². The number of likely N-dealkylation sites (N-methyl/N-ethyl adjacent to an activating group) is 1. The van der Waals surface area contributed by atoms with Gasteiger partial charge in [0.2, 0.25) is 5.91 Å². The van der Waals surface area contributed by atoms with Crippen molar-refractivity contribution in [2.75, 3.05) is 40.3 Å². The standard InChI is InChI=1S/C16H33N5O3/c1-7-9-17-14(20-12-13(22)21(5)6)18-10-8-11-19-15(23)24-16(2,3)4/h7-12H2,1-6H3,(H,19,23)(H2,17,18,20). The number of alkyl carbamates (subject to hydrolysis) is 1. The molecule has 0 bridgehead atoms. The molecule has 8 nitrogen and oxygen atoms in total. The van der Waals surface area contributed by atoms with Crippen molar-refractivity contribution in [3.8, 4) is 0 Å². The Morgan fingerprint density at radius 3 is 2.17 bits per heavy atom. The van der Waals surface area contributed by atoms with E-state index in [-0.39, 0.29) is 12.5 Å². The van der Waals surface area contributed by atoms with E-state index in [2.05, 4.69) is 27.9 Å². The Balaban J connectivity index is 4.12. The van der Waals surface area contributed by atoms with Crippen LogP contribution >= 0.6 is 0 Å². The number of carbonyl (C=O) groups is 2. The first-order chi connectivity index (χ1) is 11.2. The number of rotatable bonds is 8. The number of hydrogen-bond donors (Lipinski definition) is 3. The smallest absolute Gasteiger partial charge is 0.407 e. The largest absolute Gasteiger partial charge is 0.444 e. The van der Waals surface area contributed by atoms with E-state index in [1.165, 1.54) is 4.90 Å². The summed E-state index contributed by atoms with van der Waals surface area (Å²) >= 11 is 0. The molecule has 0 aliphatic rings. The number of guanidine groups is 1. The molecule has 0 radical (unpaired) electrons. The topological polar surface area (TPSA) is 95.1 Å². The lowest BCUT2D eigenvalue weighted by molar-refractivity contribution is -0.127. The normalized spacial score (nSPS) is 11.7. The van der Waals surface area contributed by atoms with E-state index in [0.717, 1.165) is 13.0 Å². The van der Waals surface area contributed by atoms with Crippen molar-refractivity contribution >= 4 is 18.0 Å². The fourth-order valence-electron chi connectivity index (χ4n) is 1.51. The minimum atomic E-state index is -0.495. The Morgan fingerprint density at radius 2 is 1.62 bits per heavy atom. The van der Waals surface area contributed by atoms with Gasteiger partial charge < -0.3 is 25.6 Å². The molecule has 140 valence electrons. The van der Waals surface area contributed by atoms with Crippen LogP contribution in [0.3, 0.4) is 0 Å². The van der Waals surface area contributed by atoms with Crippen LogP contribution in [0.4, 0.5) is 4.79 Å². The monoisotopic (exact) mass is 343 g/mol. The molecule has 0 fully saturated rings. The Labute approximate surface area is 145 Å². The van der Waals surface area contributed by atoms with E-state index < -0.39 is 11.7 Å². The van der Waals surface area contributed by atoms with Crippen LogP contribution in [-0.4, -0.2) is 68.7 Å². The van der Waals surface area contributed by atoms with Crippen molar-refractivity contribution in [3.63, 3.8) is 0 Å². The van der Waals surface area contributed by atoms with Crippen molar-refractivity contribution < 1.29 is 14.3 Å². The first kappa shape index (κ1) is 22.0. The van der Waals surface area contributed by atoms with Crippen LogP contribution in [-0.2, 0) is 9.53 Å². The van der Waals surface area contributed by atoms with Gasteiger partial charge in [-0.1, -0.05) is 6.92 Å². The number of ether oxygens (including phenoxy) is 1. The fraction of sp³-hybridized carbons (Fsp3) is 0.812. The lowest BCUT2D eigenvalue weighted by atomic mass is 10.2. The van der Waals surface area contributed by atoms with Gasteiger partial charge in [0.25, 0.3) is 0 Å². The van der Waals surface area contributed by atoms with Gasteiger partial charge in [0, 0.05) is 33.7 Å². The lowest BCUT2D eigenvalue weighted by Crippen LogP contribution is -2.40. The van der Waals surface area contributed by atoms with Crippen LogP contribution in [0.1, 0.15) is 40.5 Å². The van der Waals surface area contributed by atoms with Crippen LogP contribution in [0.5, 0.6) is 0 Å². The van der Waals surface area contributed by atoms with Crippen LogP contribution in [0.2, 0.25) is 0 Å². The first-order valence-corrected chi connectivity index (χ1v) is 8.35. The summed E-state index contributed by atoms with van der Waals surface area (Å²) in [7, 11) is 3.40. The molecular weight excluding hydrogens is 310 g/mol. The first-order valence-electron chi connectivity index (χ1n) is 8.35. The predicted octanol–water partition coefficient (Wildman–Crippen LogP) is 0.935. The van der Waals surface area contributed by atoms with Crippen molar-refractivity contribution in [2.24, 2.45) is 4.99 Å². The fourth-order valence-corrected chi connectivity index (χ4v) is 1.51. The van der Waals surface area contributed by atoms with Gasteiger partial charge in [-0.2, -0.15) is 0 Å². The zero-order valence-corrected chi connectivity index (χ0v) is 15.9. The van der Waals surface area contributed by atoms with Crippen molar-refractivity contribution in [1.29, 1.82) is 0 Å². The quantitative estimate of drug-likeness (QED) is 0.346. The van der Waals surface area contributed by atoms with Gasteiger partial charge in [0.05, 0.1) is 0 Å². The number of nitrogens with one attached hydrogen (secondary N) is 3. The van der Waals surface area contributed by atoms with Gasteiger partial charge in [0.1, 0.15) is 12.1 Å². The highest BCUT2D eigenvalue weighted by Crippen LogP contribution is 2.06. The Bertz CT molecular complexity index is 416. The molecule has 0 saturated carbocycles. The van der Waals surface area contributed by atoms with Crippen LogP contribution in [0.25, 0.3) is 0 Å². The summed E-state index contributed by atoms with van der Waals surface area (Å²) in [6, 6.07) is 0. The van der Waals surface area contributed by atoms with E-state index in [9.17, 15) is 9.59 Å². The maximum atomic E-state index is 11.6. The molecule has 0 saturated heterocycles. The summed E-state index contributed by atoms with van der Waals surface area (Å²) < 4.78 is 5.16. The molecule has 0 aromatic heterocycles. The zero-order chi connectivity index (χ0) is 18.6. The second kappa shape index (κ2) is 11.5. The summed E-state index contributed by atoms with van der Waals surface area (Å²) in [5.41, 5.74) is -0.495. The van der Waals surface area contributed by atoms with Crippen LogP contribution in [0, 0.1) is 0 Å². The van der Waals surface area contributed by atoms with E-state index in [4.69, 9.17) is 4.74 Å². The van der Waals surface area contributed by atoms with Crippen LogP contribution in [0.15, 0.2) is 4.99 Å². The molecule has 0 rings (SSSR count). The van der Waals surface area contributed by atoms with Crippen LogP contribution < -0.4 is 16.0 Å². The number of amides is 2. The summed E-state index contributed by atoms with van der Waals surface area (Å²) in [6.45, 7) is 9.53. The molecule has 0 aromatic rings. The van der Waals surface area contributed by atoms with E-state index in [1.54, 1.807) is 14.1 Å². The molecule has 8 heteroatoms. The average molecular weight is 343 g/mol. The number of hydrogen-bond acceptors (Lipinski definition) is 4. The summed E-state index contributed by atoms with van der Waals surface area (Å²) in [6.07, 6.45) is 1.26. The van der Waals surface area contributed by atoms with Gasteiger partial charge >= 0.3 is 6.09 Å². The molecule has 0 aromatic carbocycles. The molecule has 0 heterocycles. The minimum Gasteiger partial charge on any atom is -0.444 e. The zero-order valence-electron chi connectivity index (χ0n) is 15.9. The van der Waals surface area contributed by atoms with Gasteiger partial charge in [-0.05, 0) is 33.6 Å². The summed E-state index contributed by atoms with van der Waals surface area (Å²) in [5.74, 6) is 0.545. The number of aliphatic imine (C=N–C) groups is 1. The molecule has 0 unspecified atom stereocenters. The summed E-state index contributed by atoms with van der Waals surface area (Å²) in [5, 5.41) is 9.00. The highest BCUT2D eigenvalue weighted by atomic mass is 16.6. The number of nitrogens with zero attached hydrogens (tertiary/aromatic N) is 2. The SMILES string of the molecule is CCCNC(=NCC(=O)N(C)C)NCCCNC(=O)OC(C)(C)C.